The summed E-state index contributed by atoms with van der Waals surface area (Å²) in [7, 11) is -0.787. The Labute approximate surface area is 125 Å². The van der Waals surface area contributed by atoms with Gasteiger partial charge in [0.05, 0.1) is 0 Å². The molecule has 0 aromatic heterocycles. The number of ketones is 1. The number of carbonyl (C=O) groups excluding carboxylic acids is 1. The molecule has 0 radical (unpaired) electrons. The van der Waals surface area contributed by atoms with E-state index in [9.17, 15) is 4.79 Å². The van der Waals surface area contributed by atoms with Crippen LogP contribution in [0.2, 0.25) is 17.6 Å². The Bertz CT molecular complexity index is 418. The smallest absolute Gasteiger partial charge is 0.162 e. The van der Waals surface area contributed by atoms with Crippen molar-refractivity contribution in [1.29, 1.82) is 0 Å². The van der Waals surface area contributed by atoms with Crippen LogP contribution < -0.4 is 0 Å². The van der Waals surface area contributed by atoms with Gasteiger partial charge in [0.25, 0.3) is 0 Å². The first-order chi connectivity index (χ1) is 9.72. The third-order valence-electron chi connectivity index (χ3n) is 4.83. The molecule has 1 saturated heterocycles. The summed E-state index contributed by atoms with van der Waals surface area (Å²) in [5, 5.41) is 0. The first kappa shape index (κ1) is 15.5. The van der Waals surface area contributed by atoms with Crippen LogP contribution in [0.1, 0.15) is 61.9 Å². The largest absolute Gasteiger partial charge is 0.294 e. The Morgan fingerprint density at radius 1 is 1.15 bits per heavy atom. The Morgan fingerprint density at radius 3 is 2.40 bits per heavy atom. The maximum Gasteiger partial charge on any atom is 0.162 e. The molecule has 1 atom stereocenters. The minimum atomic E-state index is -0.787. The average Bonchev–Trinajstić information content (AvgIpc) is 3.01. The van der Waals surface area contributed by atoms with Gasteiger partial charge in [0, 0.05) is 19.9 Å². The highest BCUT2D eigenvalue weighted by molar-refractivity contribution is 6.65. The molecule has 0 amide bonds. The van der Waals surface area contributed by atoms with Crippen LogP contribution in [-0.4, -0.2) is 14.6 Å². The Kier molecular flexibility index (Phi) is 6.02. The van der Waals surface area contributed by atoms with Gasteiger partial charge in [-0.15, -0.1) is 0 Å². The van der Waals surface area contributed by atoms with Crippen LogP contribution in [-0.2, 0) is 6.42 Å². The van der Waals surface area contributed by atoms with E-state index < -0.39 is 8.80 Å². The molecular formula is C18H28OSi. The predicted molar refractivity (Wildman–Crippen MR) is 89.4 cm³/mol. The Balaban J connectivity index is 1.92. The molecule has 0 bridgehead atoms. The maximum atomic E-state index is 12.5. The van der Waals surface area contributed by atoms with Crippen molar-refractivity contribution in [3.8, 4) is 0 Å². The van der Waals surface area contributed by atoms with E-state index in [0.717, 1.165) is 12.0 Å². The van der Waals surface area contributed by atoms with Crippen molar-refractivity contribution in [2.75, 3.05) is 0 Å². The summed E-state index contributed by atoms with van der Waals surface area (Å²) in [5.41, 5.74) is 2.65. The molecule has 1 aromatic rings. The van der Waals surface area contributed by atoms with Crippen molar-refractivity contribution in [1.82, 2.24) is 0 Å². The van der Waals surface area contributed by atoms with Gasteiger partial charge in [-0.05, 0) is 18.4 Å². The molecule has 1 unspecified atom stereocenters. The third kappa shape index (κ3) is 4.05. The molecule has 0 aliphatic carbocycles. The molecule has 1 fully saturated rings. The van der Waals surface area contributed by atoms with E-state index in [4.69, 9.17) is 0 Å². The summed E-state index contributed by atoms with van der Waals surface area (Å²) in [4.78, 5) is 12.5. The van der Waals surface area contributed by atoms with Gasteiger partial charge in [-0.25, -0.2) is 0 Å². The molecule has 0 N–H and O–H groups in total. The fourth-order valence-corrected chi connectivity index (χ4v) is 6.88. The van der Waals surface area contributed by atoms with Gasteiger partial charge in [0.2, 0.25) is 0 Å². The zero-order valence-electron chi connectivity index (χ0n) is 13.0. The average molecular weight is 289 g/mol. The zero-order valence-corrected chi connectivity index (χ0v) is 14.2. The molecule has 110 valence electrons. The van der Waals surface area contributed by atoms with Crippen LogP contribution in [0.5, 0.6) is 0 Å². The highest BCUT2D eigenvalue weighted by Crippen LogP contribution is 2.30. The van der Waals surface area contributed by atoms with Crippen LogP contribution >= 0.6 is 0 Å². The summed E-state index contributed by atoms with van der Waals surface area (Å²) in [6.07, 6.45) is 7.70. The SMILES string of the molecule is CCCCCc1ccc(C(=O)C(C)[SiH]2CCCC2)cc1. The second kappa shape index (κ2) is 7.77. The van der Waals surface area contributed by atoms with Gasteiger partial charge in [-0.1, -0.05) is 75.9 Å². The van der Waals surface area contributed by atoms with E-state index in [1.54, 1.807) is 0 Å². The number of unbranched alkanes of at least 4 members (excludes halogenated alkanes) is 2. The van der Waals surface area contributed by atoms with Crippen LogP contribution in [0, 0.1) is 0 Å². The number of rotatable bonds is 7. The first-order valence-corrected chi connectivity index (χ1v) is 10.7. The molecule has 1 aliphatic heterocycles. The number of hydrogen-bond acceptors (Lipinski definition) is 1. The lowest BCUT2D eigenvalue weighted by Gasteiger charge is -2.16. The molecule has 2 heteroatoms. The molecule has 1 aromatic carbocycles. The van der Waals surface area contributed by atoms with Gasteiger partial charge in [-0.2, -0.15) is 0 Å². The Morgan fingerprint density at radius 2 is 1.80 bits per heavy atom. The van der Waals surface area contributed by atoms with Gasteiger partial charge < -0.3 is 0 Å². The van der Waals surface area contributed by atoms with E-state index in [0.29, 0.717) is 11.3 Å². The molecule has 20 heavy (non-hydrogen) atoms. The molecule has 1 nitrogen and oxygen atoms in total. The van der Waals surface area contributed by atoms with E-state index in [-0.39, 0.29) is 0 Å². The van der Waals surface area contributed by atoms with Gasteiger partial charge >= 0.3 is 0 Å². The molecule has 0 saturated carbocycles. The summed E-state index contributed by atoms with van der Waals surface area (Å²) in [5.74, 6) is 0.406. The van der Waals surface area contributed by atoms with Crippen LogP contribution in [0.3, 0.4) is 0 Å². The number of carbonyl (C=O) groups is 1. The van der Waals surface area contributed by atoms with Crippen molar-refractivity contribution in [3.05, 3.63) is 35.4 Å². The lowest BCUT2D eigenvalue weighted by Crippen LogP contribution is -2.21. The fourth-order valence-electron chi connectivity index (χ4n) is 3.35. The minimum absolute atomic E-state index is 0.337. The number of aryl methyl sites for hydroxylation is 1. The number of Topliss-reactive ketones (excluding diaryl/α,β-unsaturated/α-hetero) is 1. The number of benzene rings is 1. The number of hydrogen-bond donors (Lipinski definition) is 0. The molecule has 2 rings (SSSR count). The second-order valence-electron chi connectivity index (χ2n) is 6.35. The van der Waals surface area contributed by atoms with Crippen LogP contribution in [0.25, 0.3) is 0 Å². The van der Waals surface area contributed by atoms with E-state index in [1.165, 1.54) is 49.8 Å². The predicted octanol–water partition coefficient (Wildman–Crippen LogP) is 5.01. The van der Waals surface area contributed by atoms with E-state index >= 15 is 0 Å². The van der Waals surface area contributed by atoms with Crippen LogP contribution in [0.4, 0.5) is 0 Å². The first-order valence-electron chi connectivity index (χ1n) is 8.35. The summed E-state index contributed by atoms with van der Waals surface area (Å²) in [6, 6.07) is 11.2. The lowest BCUT2D eigenvalue weighted by molar-refractivity contribution is 0.0986. The summed E-state index contributed by atoms with van der Waals surface area (Å²) < 4.78 is 0. The van der Waals surface area contributed by atoms with Gasteiger partial charge in [-0.3, -0.25) is 4.79 Å². The Hall–Kier alpha value is -0.893. The summed E-state index contributed by atoms with van der Waals surface area (Å²) >= 11 is 0. The summed E-state index contributed by atoms with van der Waals surface area (Å²) in [6.45, 7) is 4.41. The third-order valence-corrected chi connectivity index (χ3v) is 8.84. The topological polar surface area (TPSA) is 17.1 Å². The van der Waals surface area contributed by atoms with Crippen molar-refractivity contribution >= 4 is 14.6 Å². The van der Waals surface area contributed by atoms with E-state index in [1.807, 2.05) is 0 Å². The van der Waals surface area contributed by atoms with Crippen molar-refractivity contribution < 1.29 is 4.79 Å². The quantitative estimate of drug-likeness (QED) is 0.391. The molecule has 0 spiro atoms. The monoisotopic (exact) mass is 288 g/mol. The molecular weight excluding hydrogens is 260 g/mol. The minimum Gasteiger partial charge on any atom is -0.294 e. The molecule has 1 heterocycles. The van der Waals surface area contributed by atoms with Crippen LogP contribution in [0.15, 0.2) is 24.3 Å². The highest BCUT2D eigenvalue weighted by Gasteiger charge is 2.28. The lowest BCUT2D eigenvalue weighted by atomic mass is 10.0. The maximum absolute atomic E-state index is 12.5. The second-order valence-corrected chi connectivity index (χ2v) is 10.0. The van der Waals surface area contributed by atoms with Gasteiger partial charge in [0.15, 0.2) is 5.78 Å². The standard InChI is InChI=1S/C18H28OSi/c1-3-4-5-8-16-9-11-17(12-10-16)18(19)15(2)20-13-6-7-14-20/h9-12,15,20H,3-8,13-14H2,1-2H3. The van der Waals surface area contributed by atoms with Crippen molar-refractivity contribution in [2.45, 2.75) is 70.0 Å². The van der Waals surface area contributed by atoms with E-state index in [2.05, 4.69) is 38.1 Å². The van der Waals surface area contributed by atoms with Gasteiger partial charge in [0.1, 0.15) is 0 Å². The van der Waals surface area contributed by atoms with Crippen molar-refractivity contribution in [2.24, 2.45) is 0 Å². The fraction of sp³-hybridized carbons (Fsp3) is 0.611. The normalized spacial score (nSPS) is 17.3. The van der Waals surface area contributed by atoms with Crippen molar-refractivity contribution in [3.63, 3.8) is 0 Å². The molecule has 1 aliphatic rings. The highest BCUT2D eigenvalue weighted by atomic mass is 28.3. The zero-order chi connectivity index (χ0) is 14.4.